The van der Waals surface area contributed by atoms with Gasteiger partial charge >= 0.3 is 0 Å². The van der Waals surface area contributed by atoms with Gasteiger partial charge in [0.1, 0.15) is 6.04 Å². The molecular formula is C27H25N3O2. The maximum absolute atomic E-state index is 13.0. The standard InChI is InChI=1S/C27H25N3O2/c1-19-14-16-23(17-15-19)28-27(32)26(21-9-3-2-4-10-21)30-29-25(31)18-22-12-7-11-20-8-5-6-13-24(20)22/h2-17,26,30H,18H2,1H3,(H,28,32)(H,29,31)/t26-/m1/s1. The molecule has 0 unspecified atom stereocenters. The van der Waals surface area contributed by atoms with E-state index in [1.54, 1.807) is 0 Å². The summed E-state index contributed by atoms with van der Waals surface area (Å²) >= 11 is 0. The zero-order valence-corrected chi connectivity index (χ0v) is 17.8. The van der Waals surface area contributed by atoms with E-state index in [4.69, 9.17) is 0 Å². The van der Waals surface area contributed by atoms with E-state index in [0.717, 1.165) is 27.5 Å². The van der Waals surface area contributed by atoms with Crippen LogP contribution >= 0.6 is 0 Å². The second-order valence-corrected chi connectivity index (χ2v) is 7.71. The van der Waals surface area contributed by atoms with E-state index < -0.39 is 6.04 Å². The zero-order chi connectivity index (χ0) is 22.3. The lowest BCUT2D eigenvalue weighted by Crippen LogP contribution is -2.45. The molecule has 4 aromatic carbocycles. The number of hydrazine groups is 1. The van der Waals surface area contributed by atoms with Crippen molar-refractivity contribution in [3.8, 4) is 0 Å². The quantitative estimate of drug-likeness (QED) is 0.378. The number of carbonyl (C=O) groups excluding carboxylic acids is 2. The van der Waals surface area contributed by atoms with Gasteiger partial charge in [-0.3, -0.25) is 15.0 Å². The fourth-order valence-electron chi connectivity index (χ4n) is 3.61. The Kier molecular flexibility index (Phi) is 6.58. The van der Waals surface area contributed by atoms with Gasteiger partial charge in [0.05, 0.1) is 6.42 Å². The second-order valence-electron chi connectivity index (χ2n) is 7.71. The molecule has 0 spiro atoms. The number of nitrogens with one attached hydrogen (secondary N) is 3. The van der Waals surface area contributed by atoms with E-state index in [0.29, 0.717) is 5.69 Å². The van der Waals surface area contributed by atoms with E-state index in [1.165, 1.54) is 0 Å². The lowest BCUT2D eigenvalue weighted by Gasteiger charge is -2.20. The molecular weight excluding hydrogens is 398 g/mol. The number of hydrogen-bond donors (Lipinski definition) is 3. The molecule has 1 atom stereocenters. The molecule has 32 heavy (non-hydrogen) atoms. The van der Waals surface area contributed by atoms with Crippen molar-refractivity contribution < 1.29 is 9.59 Å². The molecule has 5 heteroatoms. The molecule has 0 radical (unpaired) electrons. The van der Waals surface area contributed by atoms with Gasteiger partial charge in [0, 0.05) is 5.69 Å². The highest BCUT2D eigenvalue weighted by Gasteiger charge is 2.21. The first kappa shape index (κ1) is 21.3. The fraction of sp³-hybridized carbons (Fsp3) is 0.111. The van der Waals surface area contributed by atoms with Gasteiger partial charge < -0.3 is 5.32 Å². The Morgan fingerprint density at radius 2 is 1.47 bits per heavy atom. The van der Waals surface area contributed by atoms with Crippen LogP contribution in [0.4, 0.5) is 5.69 Å². The molecule has 0 aromatic heterocycles. The van der Waals surface area contributed by atoms with Crippen LogP contribution in [0.15, 0.2) is 97.1 Å². The maximum Gasteiger partial charge on any atom is 0.247 e. The topological polar surface area (TPSA) is 70.2 Å². The number of carbonyl (C=O) groups is 2. The van der Waals surface area contributed by atoms with Crippen molar-refractivity contribution in [1.29, 1.82) is 0 Å². The summed E-state index contributed by atoms with van der Waals surface area (Å²) in [7, 11) is 0. The Bertz CT molecular complexity index is 1220. The molecule has 5 nitrogen and oxygen atoms in total. The number of anilines is 1. The lowest BCUT2D eigenvalue weighted by atomic mass is 10.0. The SMILES string of the molecule is Cc1ccc(NC(=O)[C@H](NNC(=O)Cc2cccc3ccccc23)c2ccccc2)cc1. The Morgan fingerprint density at radius 3 is 2.25 bits per heavy atom. The van der Waals surface area contributed by atoms with Gasteiger partial charge in [0.2, 0.25) is 11.8 Å². The molecule has 2 amide bonds. The van der Waals surface area contributed by atoms with E-state index >= 15 is 0 Å². The van der Waals surface area contributed by atoms with Crippen molar-refractivity contribution in [3.05, 3.63) is 114 Å². The van der Waals surface area contributed by atoms with Crippen LogP contribution in [0, 0.1) is 6.92 Å². The minimum atomic E-state index is -0.742. The molecule has 4 aromatic rings. The number of amides is 2. The molecule has 4 rings (SSSR count). The molecule has 3 N–H and O–H groups in total. The minimum absolute atomic E-state index is 0.204. The van der Waals surface area contributed by atoms with Crippen molar-refractivity contribution >= 4 is 28.3 Å². The minimum Gasteiger partial charge on any atom is -0.324 e. The van der Waals surface area contributed by atoms with Gasteiger partial charge in [-0.15, -0.1) is 0 Å². The summed E-state index contributed by atoms with van der Waals surface area (Å²) < 4.78 is 0. The van der Waals surface area contributed by atoms with E-state index in [9.17, 15) is 9.59 Å². The first-order chi connectivity index (χ1) is 15.6. The zero-order valence-electron chi connectivity index (χ0n) is 17.8. The molecule has 0 aliphatic carbocycles. The lowest BCUT2D eigenvalue weighted by molar-refractivity contribution is -0.123. The second kappa shape index (κ2) is 9.90. The largest absolute Gasteiger partial charge is 0.324 e. The third kappa shape index (κ3) is 5.20. The normalized spacial score (nSPS) is 11.7. The third-order valence-corrected chi connectivity index (χ3v) is 5.30. The summed E-state index contributed by atoms with van der Waals surface area (Å²) in [5.41, 5.74) is 9.14. The average Bonchev–Trinajstić information content (AvgIpc) is 2.82. The highest BCUT2D eigenvalue weighted by molar-refractivity contribution is 5.96. The molecule has 0 saturated carbocycles. The van der Waals surface area contributed by atoms with Gasteiger partial charge in [-0.2, -0.15) is 0 Å². The Balaban J connectivity index is 1.46. The van der Waals surface area contributed by atoms with Crippen LogP contribution in [0.5, 0.6) is 0 Å². The van der Waals surface area contributed by atoms with Crippen molar-refractivity contribution in [2.45, 2.75) is 19.4 Å². The summed E-state index contributed by atoms with van der Waals surface area (Å²) in [6, 6.07) is 30.0. The molecule has 0 fully saturated rings. The monoisotopic (exact) mass is 423 g/mol. The number of hydrogen-bond acceptors (Lipinski definition) is 3. The summed E-state index contributed by atoms with van der Waals surface area (Å²) in [4.78, 5) is 25.7. The first-order valence-corrected chi connectivity index (χ1v) is 10.5. The number of rotatable bonds is 7. The van der Waals surface area contributed by atoms with Gasteiger partial charge in [0.25, 0.3) is 0 Å². The van der Waals surface area contributed by atoms with Gasteiger partial charge in [-0.1, -0.05) is 90.5 Å². The molecule has 160 valence electrons. The molecule has 0 bridgehead atoms. The molecule has 0 heterocycles. The highest BCUT2D eigenvalue weighted by atomic mass is 16.2. The molecule has 0 saturated heterocycles. The van der Waals surface area contributed by atoms with Gasteiger partial charge in [-0.05, 0) is 41.0 Å². The summed E-state index contributed by atoms with van der Waals surface area (Å²) in [5.74, 6) is -0.476. The number of fused-ring (bicyclic) bond motifs is 1. The number of benzene rings is 4. The van der Waals surface area contributed by atoms with E-state index in [1.807, 2.05) is 104 Å². The molecule has 0 aliphatic rings. The van der Waals surface area contributed by atoms with Crippen molar-refractivity contribution in [2.75, 3.05) is 5.32 Å². The Labute approximate surface area is 187 Å². The van der Waals surface area contributed by atoms with Gasteiger partial charge in [-0.25, -0.2) is 5.43 Å². The van der Waals surface area contributed by atoms with Gasteiger partial charge in [0.15, 0.2) is 0 Å². The third-order valence-electron chi connectivity index (χ3n) is 5.30. The molecule has 0 aliphatic heterocycles. The fourth-order valence-corrected chi connectivity index (χ4v) is 3.61. The van der Waals surface area contributed by atoms with Crippen LogP contribution in [-0.2, 0) is 16.0 Å². The smallest absolute Gasteiger partial charge is 0.247 e. The van der Waals surface area contributed by atoms with E-state index in [2.05, 4.69) is 16.2 Å². The van der Waals surface area contributed by atoms with Crippen LogP contribution in [0.3, 0.4) is 0 Å². The number of aryl methyl sites for hydroxylation is 1. The van der Waals surface area contributed by atoms with Crippen molar-refractivity contribution in [1.82, 2.24) is 10.9 Å². The van der Waals surface area contributed by atoms with Crippen molar-refractivity contribution in [2.24, 2.45) is 0 Å². The average molecular weight is 424 g/mol. The summed E-state index contributed by atoms with van der Waals surface area (Å²) in [5, 5.41) is 5.04. The van der Waals surface area contributed by atoms with Crippen LogP contribution < -0.4 is 16.2 Å². The van der Waals surface area contributed by atoms with Crippen LogP contribution in [-0.4, -0.2) is 11.8 Å². The predicted molar refractivity (Wildman–Crippen MR) is 128 cm³/mol. The predicted octanol–water partition coefficient (Wildman–Crippen LogP) is 4.69. The Morgan fingerprint density at radius 1 is 0.781 bits per heavy atom. The van der Waals surface area contributed by atoms with Crippen LogP contribution in [0.2, 0.25) is 0 Å². The summed E-state index contributed by atoms with van der Waals surface area (Å²) in [6.07, 6.45) is 0.204. The Hall–Kier alpha value is -3.96. The van der Waals surface area contributed by atoms with Crippen LogP contribution in [0.25, 0.3) is 10.8 Å². The first-order valence-electron chi connectivity index (χ1n) is 10.5. The summed E-state index contributed by atoms with van der Waals surface area (Å²) in [6.45, 7) is 1.99. The van der Waals surface area contributed by atoms with Crippen molar-refractivity contribution in [3.63, 3.8) is 0 Å². The van der Waals surface area contributed by atoms with E-state index in [-0.39, 0.29) is 18.2 Å². The maximum atomic E-state index is 13.0. The van der Waals surface area contributed by atoms with Crippen LogP contribution in [0.1, 0.15) is 22.7 Å². The highest BCUT2D eigenvalue weighted by Crippen LogP contribution is 2.19.